The topological polar surface area (TPSA) is 9.23 Å². The minimum absolute atomic E-state index is 0.826. The van der Waals surface area contributed by atoms with Crippen molar-refractivity contribution in [2.75, 3.05) is 0 Å². The average Bonchev–Trinajstić information content (AvgIpc) is 2.28. The van der Waals surface area contributed by atoms with Crippen molar-refractivity contribution in [2.24, 2.45) is 0 Å². The van der Waals surface area contributed by atoms with Gasteiger partial charge in [-0.3, -0.25) is 0 Å². The van der Waals surface area contributed by atoms with Gasteiger partial charge in [0.15, 0.2) is 0 Å². The summed E-state index contributed by atoms with van der Waals surface area (Å²) in [5.74, 6) is 1.18. The fourth-order valence-electron chi connectivity index (χ4n) is 2.04. The van der Waals surface area contributed by atoms with Crippen molar-refractivity contribution in [3.8, 4) is 0 Å². The summed E-state index contributed by atoms with van der Waals surface area (Å²) in [6.45, 7) is 13.8. The van der Waals surface area contributed by atoms with Crippen LogP contribution >= 0.6 is 0 Å². The highest BCUT2D eigenvalue weighted by molar-refractivity contribution is 6.71. The molecule has 100 valence electrons. The van der Waals surface area contributed by atoms with Gasteiger partial charge in [-0.25, -0.2) is 0 Å². The standard InChI is InChI=1S/C15H26OSi2/c1-7-14(17(2)3)15(16-18(4,5)6)13-11-9-8-10-12-13/h8-12,17H,7H2,1-6H3. The minimum atomic E-state index is -1.56. The third kappa shape index (κ3) is 4.46. The van der Waals surface area contributed by atoms with Crippen LogP contribution in [0.25, 0.3) is 5.76 Å². The molecule has 1 rings (SSSR count). The monoisotopic (exact) mass is 278 g/mol. The Morgan fingerprint density at radius 3 is 2.06 bits per heavy atom. The third-order valence-corrected chi connectivity index (χ3v) is 5.69. The number of rotatable bonds is 5. The van der Waals surface area contributed by atoms with Crippen molar-refractivity contribution in [3.05, 3.63) is 41.1 Å². The van der Waals surface area contributed by atoms with Crippen LogP contribution in [0, 0.1) is 0 Å². The maximum atomic E-state index is 6.39. The van der Waals surface area contributed by atoms with E-state index >= 15 is 0 Å². The van der Waals surface area contributed by atoms with Crippen LogP contribution < -0.4 is 0 Å². The summed E-state index contributed by atoms with van der Waals surface area (Å²) in [4.78, 5) is 0. The molecule has 0 unspecified atom stereocenters. The highest BCUT2D eigenvalue weighted by Gasteiger charge is 2.22. The van der Waals surface area contributed by atoms with Gasteiger partial charge in [-0.05, 0) is 31.3 Å². The smallest absolute Gasteiger partial charge is 0.242 e. The quantitative estimate of drug-likeness (QED) is 0.561. The molecule has 3 heteroatoms. The van der Waals surface area contributed by atoms with Crippen LogP contribution in [-0.2, 0) is 4.43 Å². The van der Waals surface area contributed by atoms with Gasteiger partial charge in [0, 0.05) is 5.56 Å². The molecule has 1 aromatic rings. The van der Waals surface area contributed by atoms with E-state index in [1.54, 1.807) is 5.20 Å². The molecule has 1 nitrogen and oxygen atoms in total. The summed E-state index contributed by atoms with van der Waals surface area (Å²) in [5, 5.41) is 1.56. The fourth-order valence-corrected chi connectivity index (χ4v) is 4.58. The minimum Gasteiger partial charge on any atom is -0.544 e. The molecule has 0 radical (unpaired) electrons. The van der Waals surface area contributed by atoms with E-state index in [-0.39, 0.29) is 0 Å². The first-order chi connectivity index (χ1) is 8.35. The molecule has 0 saturated carbocycles. The van der Waals surface area contributed by atoms with Gasteiger partial charge >= 0.3 is 0 Å². The number of benzene rings is 1. The molecule has 0 bridgehead atoms. The van der Waals surface area contributed by atoms with Crippen molar-refractivity contribution in [1.82, 2.24) is 0 Å². The van der Waals surface area contributed by atoms with Crippen LogP contribution in [0.15, 0.2) is 35.5 Å². The lowest BCUT2D eigenvalue weighted by Crippen LogP contribution is -2.26. The first-order valence-corrected chi connectivity index (χ1v) is 13.1. The maximum absolute atomic E-state index is 6.39. The molecule has 0 aromatic heterocycles. The Labute approximate surface area is 115 Å². The third-order valence-electron chi connectivity index (χ3n) is 2.81. The fraction of sp³-hybridized carbons (Fsp3) is 0.467. The second kappa shape index (κ2) is 6.39. The molecule has 18 heavy (non-hydrogen) atoms. The second-order valence-corrected chi connectivity index (χ2v) is 13.4. The molecule has 0 spiro atoms. The summed E-state index contributed by atoms with van der Waals surface area (Å²) in [6.07, 6.45) is 1.11. The maximum Gasteiger partial charge on any atom is 0.242 e. The van der Waals surface area contributed by atoms with Gasteiger partial charge in [0.1, 0.15) is 5.76 Å². The van der Waals surface area contributed by atoms with Gasteiger partial charge in [0.25, 0.3) is 0 Å². The van der Waals surface area contributed by atoms with Gasteiger partial charge in [0.05, 0.1) is 8.80 Å². The summed E-state index contributed by atoms with van der Waals surface area (Å²) >= 11 is 0. The highest BCUT2D eigenvalue weighted by Crippen LogP contribution is 2.27. The predicted molar refractivity (Wildman–Crippen MR) is 87.0 cm³/mol. The predicted octanol–water partition coefficient (Wildman–Crippen LogP) is 4.69. The SMILES string of the molecule is CCC(=C(O[Si](C)(C)C)c1ccccc1)[SiH](C)C. The van der Waals surface area contributed by atoms with Gasteiger partial charge in [0.2, 0.25) is 8.32 Å². The zero-order valence-electron chi connectivity index (χ0n) is 12.6. The van der Waals surface area contributed by atoms with Crippen LogP contribution in [0.1, 0.15) is 18.9 Å². The lowest BCUT2D eigenvalue weighted by molar-refractivity contribution is 0.510. The van der Waals surface area contributed by atoms with E-state index in [0.29, 0.717) is 0 Å². The number of allylic oxidation sites excluding steroid dienone is 1. The Balaban J connectivity index is 3.26. The summed E-state index contributed by atoms with van der Waals surface area (Å²) in [6, 6.07) is 10.6. The normalized spacial score (nSPS) is 13.5. The largest absolute Gasteiger partial charge is 0.544 e. The van der Waals surface area contributed by atoms with E-state index in [9.17, 15) is 0 Å². The number of hydrogen-bond donors (Lipinski definition) is 0. The van der Waals surface area contributed by atoms with Gasteiger partial charge in [-0.2, -0.15) is 0 Å². The van der Waals surface area contributed by atoms with Crippen LogP contribution in [0.4, 0.5) is 0 Å². The van der Waals surface area contributed by atoms with Crippen molar-refractivity contribution >= 4 is 22.9 Å². The Kier molecular flexibility index (Phi) is 5.41. The lowest BCUT2D eigenvalue weighted by atomic mass is 10.1. The van der Waals surface area contributed by atoms with Crippen molar-refractivity contribution in [3.63, 3.8) is 0 Å². The molecule has 0 fully saturated rings. The Bertz CT molecular complexity index is 402. The Morgan fingerprint density at radius 1 is 1.11 bits per heavy atom. The van der Waals surface area contributed by atoms with E-state index in [1.165, 1.54) is 11.3 Å². The molecule has 0 aliphatic carbocycles. The van der Waals surface area contributed by atoms with Crippen molar-refractivity contribution in [2.45, 2.75) is 46.1 Å². The van der Waals surface area contributed by atoms with E-state index in [2.05, 4.69) is 70.0 Å². The van der Waals surface area contributed by atoms with Crippen LogP contribution in [0.2, 0.25) is 32.7 Å². The molecular weight excluding hydrogens is 252 g/mol. The molecule has 0 atom stereocenters. The van der Waals surface area contributed by atoms with Gasteiger partial charge < -0.3 is 4.43 Å². The van der Waals surface area contributed by atoms with Crippen LogP contribution in [0.3, 0.4) is 0 Å². The van der Waals surface area contributed by atoms with Gasteiger partial charge in [-0.1, -0.05) is 50.3 Å². The van der Waals surface area contributed by atoms with E-state index in [4.69, 9.17) is 4.43 Å². The first kappa shape index (κ1) is 15.3. The lowest BCUT2D eigenvalue weighted by Gasteiger charge is -2.26. The van der Waals surface area contributed by atoms with Crippen LogP contribution in [0.5, 0.6) is 0 Å². The highest BCUT2D eigenvalue weighted by atomic mass is 28.4. The molecule has 1 aromatic carbocycles. The molecule has 0 amide bonds. The van der Waals surface area contributed by atoms with Crippen molar-refractivity contribution < 1.29 is 4.43 Å². The average molecular weight is 279 g/mol. The molecule has 0 heterocycles. The van der Waals surface area contributed by atoms with E-state index in [1.807, 2.05) is 0 Å². The first-order valence-electron chi connectivity index (χ1n) is 6.82. The Hall–Kier alpha value is -0.806. The van der Waals surface area contributed by atoms with E-state index < -0.39 is 17.1 Å². The molecular formula is C15H26OSi2. The molecule has 0 aliphatic heterocycles. The molecule has 0 saturated heterocycles. The van der Waals surface area contributed by atoms with Crippen LogP contribution in [-0.4, -0.2) is 17.1 Å². The number of hydrogen-bond acceptors (Lipinski definition) is 1. The molecule has 0 aliphatic rings. The van der Waals surface area contributed by atoms with Crippen molar-refractivity contribution in [1.29, 1.82) is 0 Å². The zero-order valence-corrected chi connectivity index (χ0v) is 14.7. The second-order valence-electron chi connectivity index (χ2n) is 5.94. The summed E-state index contributed by atoms with van der Waals surface area (Å²) < 4.78 is 6.39. The zero-order chi connectivity index (χ0) is 13.8. The summed E-state index contributed by atoms with van der Waals surface area (Å²) in [5.41, 5.74) is 1.25. The summed E-state index contributed by atoms with van der Waals surface area (Å²) in [7, 11) is -2.39. The molecule has 0 N–H and O–H groups in total. The van der Waals surface area contributed by atoms with E-state index in [0.717, 1.165) is 6.42 Å². The van der Waals surface area contributed by atoms with Gasteiger partial charge in [-0.15, -0.1) is 0 Å². The Morgan fingerprint density at radius 2 is 1.67 bits per heavy atom.